The zero-order valence-electron chi connectivity index (χ0n) is 12.7. The van der Waals surface area contributed by atoms with Crippen LogP contribution >= 0.6 is 11.3 Å². The number of alkyl halides is 3. The standard InChI is InChI=1S/C14H13F3N2O4S2/c1-8(11-6-7-12(24-11)13(20)18-21)19-25(22,23)10-4-2-9(3-5-10)14(15,16)17/h2-8,19,21H,1H3,(H,18,20). The van der Waals surface area contributed by atoms with Gasteiger partial charge in [-0.05, 0) is 43.3 Å². The number of carbonyl (C=O) groups is 1. The molecule has 1 aromatic heterocycles. The van der Waals surface area contributed by atoms with Gasteiger partial charge in [0.15, 0.2) is 0 Å². The fraction of sp³-hybridized carbons (Fsp3) is 0.214. The quantitative estimate of drug-likeness (QED) is 0.537. The molecule has 6 nitrogen and oxygen atoms in total. The van der Waals surface area contributed by atoms with Crippen LogP contribution in [0.3, 0.4) is 0 Å². The molecule has 0 aliphatic carbocycles. The second-order valence-electron chi connectivity index (χ2n) is 5.01. The third-order valence-electron chi connectivity index (χ3n) is 3.20. The number of nitrogens with one attached hydrogen (secondary N) is 2. The van der Waals surface area contributed by atoms with Gasteiger partial charge in [0.1, 0.15) is 0 Å². The van der Waals surface area contributed by atoms with Crippen molar-refractivity contribution in [2.45, 2.75) is 24.0 Å². The van der Waals surface area contributed by atoms with Crippen molar-refractivity contribution in [3.8, 4) is 0 Å². The monoisotopic (exact) mass is 394 g/mol. The van der Waals surface area contributed by atoms with Crippen molar-refractivity contribution in [2.24, 2.45) is 0 Å². The molecule has 0 radical (unpaired) electrons. The van der Waals surface area contributed by atoms with Crippen molar-refractivity contribution in [2.75, 3.05) is 0 Å². The molecule has 0 bridgehead atoms. The first-order valence-electron chi connectivity index (χ1n) is 6.78. The normalized spacial score (nSPS) is 13.5. The minimum absolute atomic E-state index is 0.179. The number of thiophene rings is 1. The summed E-state index contributed by atoms with van der Waals surface area (Å²) in [7, 11) is -4.05. The van der Waals surface area contributed by atoms with Crippen LogP contribution < -0.4 is 10.2 Å². The number of carbonyl (C=O) groups excluding carboxylic acids is 1. The molecule has 0 aliphatic heterocycles. The molecule has 1 unspecified atom stereocenters. The second kappa shape index (κ2) is 7.12. The number of sulfonamides is 1. The molecule has 11 heteroatoms. The van der Waals surface area contributed by atoms with E-state index in [1.807, 2.05) is 0 Å². The van der Waals surface area contributed by atoms with Crippen molar-refractivity contribution >= 4 is 27.3 Å². The number of amides is 1. The molecule has 136 valence electrons. The van der Waals surface area contributed by atoms with E-state index in [-0.39, 0.29) is 9.77 Å². The molecule has 1 amide bonds. The first-order chi connectivity index (χ1) is 11.5. The zero-order valence-corrected chi connectivity index (χ0v) is 14.3. The third kappa shape index (κ3) is 4.57. The van der Waals surface area contributed by atoms with E-state index in [1.54, 1.807) is 0 Å². The van der Waals surface area contributed by atoms with E-state index in [2.05, 4.69) is 4.72 Å². The van der Waals surface area contributed by atoms with Crippen molar-refractivity contribution in [3.63, 3.8) is 0 Å². The van der Waals surface area contributed by atoms with Gasteiger partial charge in [0, 0.05) is 4.88 Å². The van der Waals surface area contributed by atoms with Gasteiger partial charge >= 0.3 is 6.18 Å². The third-order valence-corrected chi connectivity index (χ3v) is 6.03. The maximum absolute atomic E-state index is 12.5. The number of hydroxylamine groups is 1. The van der Waals surface area contributed by atoms with Crippen molar-refractivity contribution in [3.05, 3.63) is 51.7 Å². The van der Waals surface area contributed by atoms with E-state index in [4.69, 9.17) is 5.21 Å². The van der Waals surface area contributed by atoms with Gasteiger partial charge in [-0.1, -0.05) is 0 Å². The molecule has 1 aromatic carbocycles. The van der Waals surface area contributed by atoms with Crippen LogP contribution in [0.4, 0.5) is 13.2 Å². The molecule has 1 heterocycles. The lowest BCUT2D eigenvalue weighted by molar-refractivity contribution is -0.137. The lowest BCUT2D eigenvalue weighted by Crippen LogP contribution is -2.26. The van der Waals surface area contributed by atoms with Crippen molar-refractivity contribution in [1.82, 2.24) is 10.2 Å². The number of rotatable bonds is 5. The smallest absolute Gasteiger partial charge is 0.288 e. The lowest BCUT2D eigenvalue weighted by atomic mass is 10.2. The summed E-state index contributed by atoms with van der Waals surface area (Å²) in [5, 5.41) is 8.57. The summed E-state index contributed by atoms with van der Waals surface area (Å²) in [4.78, 5) is 11.7. The largest absolute Gasteiger partial charge is 0.416 e. The number of halogens is 3. The van der Waals surface area contributed by atoms with Crippen LogP contribution in [-0.4, -0.2) is 19.5 Å². The van der Waals surface area contributed by atoms with Gasteiger partial charge in [0.25, 0.3) is 5.91 Å². The number of hydrogen-bond acceptors (Lipinski definition) is 5. The second-order valence-corrected chi connectivity index (χ2v) is 7.84. The minimum Gasteiger partial charge on any atom is -0.288 e. The Hall–Kier alpha value is -1.95. The van der Waals surface area contributed by atoms with E-state index < -0.39 is 33.7 Å². The molecule has 2 rings (SSSR count). The predicted molar refractivity (Wildman–Crippen MR) is 83.8 cm³/mol. The molecule has 0 aliphatic rings. The summed E-state index contributed by atoms with van der Waals surface area (Å²) in [5.41, 5.74) is 0.519. The maximum atomic E-state index is 12.5. The van der Waals surface area contributed by atoms with Gasteiger partial charge in [0.2, 0.25) is 10.0 Å². The van der Waals surface area contributed by atoms with Crippen LogP contribution in [0.5, 0.6) is 0 Å². The van der Waals surface area contributed by atoms with Crippen LogP contribution in [0.25, 0.3) is 0 Å². The Balaban J connectivity index is 2.17. The van der Waals surface area contributed by atoms with Gasteiger partial charge < -0.3 is 0 Å². The van der Waals surface area contributed by atoms with Gasteiger partial charge in [-0.2, -0.15) is 13.2 Å². The first kappa shape index (κ1) is 19.4. The van der Waals surface area contributed by atoms with E-state index in [1.165, 1.54) is 24.5 Å². The Morgan fingerprint density at radius 2 is 1.76 bits per heavy atom. The molecule has 0 saturated carbocycles. The summed E-state index contributed by atoms with van der Waals surface area (Å²) in [5.74, 6) is -0.728. The lowest BCUT2D eigenvalue weighted by Gasteiger charge is -2.13. The number of hydrogen-bond donors (Lipinski definition) is 3. The van der Waals surface area contributed by atoms with Crippen LogP contribution in [-0.2, 0) is 16.2 Å². The predicted octanol–water partition coefficient (Wildman–Crippen LogP) is 2.93. The Morgan fingerprint density at radius 3 is 2.28 bits per heavy atom. The van der Waals surface area contributed by atoms with Gasteiger partial charge in [-0.15, -0.1) is 11.3 Å². The van der Waals surface area contributed by atoms with Crippen molar-refractivity contribution < 1.29 is 31.6 Å². The molecule has 0 spiro atoms. The van der Waals surface area contributed by atoms with Crippen LogP contribution in [0.1, 0.15) is 33.1 Å². The fourth-order valence-electron chi connectivity index (χ4n) is 1.94. The molecule has 0 fully saturated rings. The molecule has 3 N–H and O–H groups in total. The zero-order chi connectivity index (χ0) is 18.8. The van der Waals surface area contributed by atoms with E-state index in [0.29, 0.717) is 17.0 Å². The first-order valence-corrected chi connectivity index (χ1v) is 9.08. The molecule has 2 aromatic rings. The van der Waals surface area contributed by atoms with E-state index in [9.17, 15) is 26.4 Å². The van der Waals surface area contributed by atoms with E-state index >= 15 is 0 Å². The minimum atomic E-state index is -4.55. The molecular formula is C14H13F3N2O4S2. The fourth-order valence-corrected chi connectivity index (χ4v) is 4.14. The van der Waals surface area contributed by atoms with Gasteiger partial charge in [-0.25, -0.2) is 18.6 Å². The number of benzene rings is 1. The highest BCUT2D eigenvalue weighted by atomic mass is 32.2. The average molecular weight is 394 g/mol. The van der Waals surface area contributed by atoms with Gasteiger partial charge in [-0.3, -0.25) is 10.0 Å². The van der Waals surface area contributed by atoms with Gasteiger partial charge in [0.05, 0.1) is 21.4 Å². The molecule has 0 saturated heterocycles. The topological polar surface area (TPSA) is 95.5 Å². The summed E-state index contributed by atoms with van der Waals surface area (Å²) in [6, 6.07) is 5.32. The highest BCUT2D eigenvalue weighted by Gasteiger charge is 2.31. The molecule has 25 heavy (non-hydrogen) atoms. The van der Waals surface area contributed by atoms with Crippen LogP contribution in [0, 0.1) is 0 Å². The van der Waals surface area contributed by atoms with E-state index in [0.717, 1.165) is 23.5 Å². The summed E-state index contributed by atoms with van der Waals surface area (Å²) in [6.45, 7) is 1.52. The van der Waals surface area contributed by atoms with Crippen LogP contribution in [0.15, 0.2) is 41.3 Å². The van der Waals surface area contributed by atoms with Crippen molar-refractivity contribution in [1.29, 1.82) is 0 Å². The Bertz CT molecular complexity index is 861. The molecule has 1 atom stereocenters. The highest BCUT2D eigenvalue weighted by Crippen LogP contribution is 2.30. The Morgan fingerprint density at radius 1 is 1.16 bits per heavy atom. The highest BCUT2D eigenvalue weighted by molar-refractivity contribution is 7.89. The Kier molecular flexibility index (Phi) is 5.52. The SMILES string of the molecule is CC(NS(=O)(=O)c1ccc(C(F)(F)F)cc1)c1ccc(C(=O)NO)s1. The summed E-state index contributed by atoms with van der Waals surface area (Å²) >= 11 is 0.968. The summed E-state index contributed by atoms with van der Waals surface area (Å²) in [6.07, 6.45) is -4.55. The van der Waals surface area contributed by atoms with Crippen LogP contribution in [0.2, 0.25) is 0 Å². The summed E-state index contributed by atoms with van der Waals surface area (Å²) < 4.78 is 64.4. The average Bonchev–Trinajstić information content (AvgIpc) is 3.03. The molecular weight excluding hydrogens is 381 g/mol. The Labute approximate surface area is 145 Å². The maximum Gasteiger partial charge on any atom is 0.416 e.